The molecular weight excluding hydrogens is 387 g/mol. The lowest BCUT2D eigenvalue weighted by Crippen LogP contribution is -2.35. The van der Waals surface area contributed by atoms with Crippen LogP contribution < -0.4 is 16.1 Å². The van der Waals surface area contributed by atoms with E-state index in [1.165, 1.54) is 0 Å². The number of anilines is 1. The highest BCUT2D eigenvalue weighted by molar-refractivity contribution is 6.07. The minimum atomic E-state index is -4.45. The Balaban J connectivity index is 1.53. The van der Waals surface area contributed by atoms with Crippen LogP contribution in [0.1, 0.15) is 17.5 Å². The molecule has 29 heavy (non-hydrogen) atoms. The second kappa shape index (κ2) is 8.55. The molecule has 2 amide bonds. The van der Waals surface area contributed by atoms with Crippen LogP contribution in [0.5, 0.6) is 0 Å². The molecule has 1 atom stereocenters. The van der Waals surface area contributed by atoms with Crippen LogP contribution in [0.15, 0.2) is 64.7 Å². The minimum absolute atomic E-state index is 0.106. The van der Waals surface area contributed by atoms with Crippen molar-refractivity contribution in [2.75, 3.05) is 5.32 Å². The monoisotopic (exact) mass is 403 g/mol. The number of carbonyl (C=O) groups is 2. The average Bonchev–Trinajstić information content (AvgIpc) is 3.01. The van der Waals surface area contributed by atoms with E-state index in [0.29, 0.717) is 0 Å². The van der Waals surface area contributed by atoms with Crippen LogP contribution in [0.4, 0.5) is 18.9 Å². The largest absolute Gasteiger partial charge is 0.416 e. The van der Waals surface area contributed by atoms with Gasteiger partial charge in [-0.2, -0.15) is 18.3 Å². The zero-order valence-corrected chi connectivity index (χ0v) is 14.9. The number of aliphatic imine (C=N–C) groups is 1. The molecule has 0 saturated carbocycles. The molecule has 1 aliphatic heterocycles. The lowest BCUT2D eigenvalue weighted by molar-refractivity contribution is -0.137. The molecule has 0 aliphatic carbocycles. The van der Waals surface area contributed by atoms with Crippen LogP contribution in [0, 0.1) is 0 Å². The van der Waals surface area contributed by atoms with Crippen LogP contribution in [0.25, 0.3) is 0 Å². The van der Waals surface area contributed by atoms with Crippen LogP contribution in [-0.2, 0) is 15.8 Å². The second-order valence-electron chi connectivity index (χ2n) is 6.09. The number of nitrogens with zero attached hydrogens (tertiary/aromatic N) is 2. The Labute approximate surface area is 163 Å². The van der Waals surface area contributed by atoms with Gasteiger partial charge in [-0.05, 0) is 29.8 Å². The smallest absolute Gasteiger partial charge is 0.326 e. The summed E-state index contributed by atoms with van der Waals surface area (Å²) in [6.45, 7) is 0. The van der Waals surface area contributed by atoms with Crippen LogP contribution >= 0.6 is 0 Å². The van der Waals surface area contributed by atoms with E-state index in [-0.39, 0.29) is 18.1 Å². The lowest BCUT2D eigenvalue weighted by Gasteiger charge is -2.09. The van der Waals surface area contributed by atoms with Crippen molar-refractivity contribution >= 4 is 29.7 Å². The quantitative estimate of drug-likeness (QED) is 0.529. The number of rotatable bonds is 5. The van der Waals surface area contributed by atoms with Gasteiger partial charge in [-0.25, -0.2) is 10.4 Å². The summed E-state index contributed by atoms with van der Waals surface area (Å²) in [4.78, 5) is 28.1. The molecule has 2 aromatic carbocycles. The standard InChI is InChI=1S/C19H16F3N5O2/c20-19(21,22)13-6-8-14(9-7-13)24-16(28)10-15-17(29)26-18(25-15)27-23-11-12-4-2-1-3-5-12/h1-9,11,15H,10H2,(H,24,28)(H2,25,26,27,29)/b23-11+/t15-/m1/s1. The van der Waals surface area contributed by atoms with Crippen molar-refractivity contribution in [3.63, 3.8) is 0 Å². The Morgan fingerprint density at radius 1 is 1.14 bits per heavy atom. The van der Waals surface area contributed by atoms with Crippen molar-refractivity contribution in [2.24, 2.45) is 10.1 Å². The Kier molecular flexibility index (Phi) is 5.91. The number of halogens is 3. The molecule has 3 rings (SSSR count). The predicted octanol–water partition coefficient (Wildman–Crippen LogP) is 2.51. The Morgan fingerprint density at radius 2 is 1.83 bits per heavy atom. The zero-order valence-electron chi connectivity index (χ0n) is 14.9. The number of carbonyl (C=O) groups excluding carboxylic acids is 2. The Hall–Kier alpha value is -3.69. The van der Waals surface area contributed by atoms with Gasteiger partial charge in [0.25, 0.3) is 5.91 Å². The first-order chi connectivity index (χ1) is 13.8. The molecule has 0 fully saturated rings. The Morgan fingerprint density at radius 3 is 2.48 bits per heavy atom. The maximum Gasteiger partial charge on any atom is 0.416 e. The molecule has 0 spiro atoms. The fourth-order valence-corrected chi connectivity index (χ4v) is 2.48. The molecule has 0 saturated heterocycles. The van der Waals surface area contributed by atoms with Crippen molar-refractivity contribution in [3.8, 4) is 0 Å². The number of hydrogen-bond donors (Lipinski definition) is 3. The van der Waals surface area contributed by atoms with Gasteiger partial charge in [-0.15, -0.1) is 0 Å². The zero-order chi connectivity index (χ0) is 20.9. The summed E-state index contributed by atoms with van der Waals surface area (Å²) >= 11 is 0. The molecule has 0 aromatic heterocycles. The Bertz CT molecular complexity index is 941. The number of alkyl halides is 3. The van der Waals surface area contributed by atoms with E-state index >= 15 is 0 Å². The average molecular weight is 403 g/mol. The van der Waals surface area contributed by atoms with Gasteiger partial charge in [0.05, 0.1) is 18.2 Å². The topological polar surface area (TPSA) is 94.9 Å². The van der Waals surface area contributed by atoms with Crippen molar-refractivity contribution in [3.05, 3.63) is 65.7 Å². The third-order valence-corrected chi connectivity index (χ3v) is 3.89. The van der Waals surface area contributed by atoms with Gasteiger partial charge in [-0.3, -0.25) is 14.9 Å². The molecule has 3 N–H and O–H groups in total. The van der Waals surface area contributed by atoms with Crippen molar-refractivity contribution in [1.29, 1.82) is 0 Å². The minimum Gasteiger partial charge on any atom is -0.326 e. The summed E-state index contributed by atoms with van der Waals surface area (Å²) in [6.07, 6.45) is -3.18. The highest BCUT2D eigenvalue weighted by atomic mass is 19.4. The molecule has 1 heterocycles. The second-order valence-corrected chi connectivity index (χ2v) is 6.09. The number of benzene rings is 2. The van der Waals surface area contributed by atoms with E-state index in [4.69, 9.17) is 0 Å². The number of hydrazone groups is 1. The summed E-state index contributed by atoms with van der Waals surface area (Å²) in [5.74, 6) is -0.929. The number of nitrogens with one attached hydrogen (secondary N) is 3. The molecule has 0 bridgehead atoms. The summed E-state index contributed by atoms with van der Waals surface area (Å²) in [5, 5.41) is 8.86. The summed E-state index contributed by atoms with van der Waals surface area (Å²) in [5.41, 5.74) is 2.80. The molecular formula is C19H16F3N5O2. The maximum atomic E-state index is 12.6. The normalized spacial score (nSPS) is 16.4. The third-order valence-electron chi connectivity index (χ3n) is 3.89. The third kappa shape index (κ3) is 5.64. The van der Waals surface area contributed by atoms with Crippen molar-refractivity contribution in [2.45, 2.75) is 18.6 Å². The van der Waals surface area contributed by atoms with Gasteiger partial charge in [0.15, 0.2) is 0 Å². The van der Waals surface area contributed by atoms with E-state index < -0.39 is 29.6 Å². The molecule has 0 unspecified atom stereocenters. The van der Waals surface area contributed by atoms with Crippen LogP contribution in [0.2, 0.25) is 0 Å². The summed E-state index contributed by atoms with van der Waals surface area (Å²) in [7, 11) is 0. The maximum absolute atomic E-state index is 12.6. The van der Waals surface area contributed by atoms with E-state index in [1.54, 1.807) is 6.21 Å². The molecule has 0 radical (unpaired) electrons. The first kappa shape index (κ1) is 20.1. The number of guanidine groups is 1. The molecule has 1 aliphatic rings. The predicted molar refractivity (Wildman–Crippen MR) is 101 cm³/mol. The summed E-state index contributed by atoms with van der Waals surface area (Å²) < 4.78 is 37.7. The highest BCUT2D eigenvalue weighted by Crippen LogP contribution is 2.29. The molecule has 10 heteroatoms. The van der Waals surface area contributed by atoms with Crippen molar-refractivity contribution in [1.82, 2.24) is 10.7 Å². The van der Waals surface area contributed by atoms with Gasteiger partial charge < -0.3 is 5.32 Å². The van der Waals surface area contributed by atoms with Crippen LogP contribution in [-0.4, -0.2) is 30.0 Å². The number of amides is 2. The van der Waals surface area contributed by atoms with E-state index in [1.807, 2.05) is 30.3 Å². The van der Waals surface area contributed by atoms with Gasteiger partial charge in [0, 0.05) is 5.69 Å². The number of hydrogen-bond acceptors (Lipinski definition) is 5. The van der Waals surface area contributed by atoms with E-state index in [0.717, 1.165) is 29.8 Å². The highest BCUT2D eigenvalue weighted by Gasteiger charge is 2.30. The SMILES string of the molecule is O=C(C[C@H]1N=C(N/N=C/c2ccccc2)NC1=O)Nc1ccc(C(F)(F)F)cc1. The fourth-order valence-electron chi connectivity index (χ4n) is 2.48. The molecule has 2 aromatic rings. The first-order valence-electron chi connectivity index (χ1n) is 8.51. The molecule has 150 valence electrons. The lowest BCUT2D eigenvalue weighted by atomic mass is 10.1. The van der Waals surface area contributed by atoms with Gasteiger partial charge in [-0.1, -0.05) is 30.3 Å². The van der Waals surface area contributed by atoms with Gasteiger partial charge in [0.2, 0.25) is 11.9 Å². The van der Waals surface area contributed by atoms with Crippen molar-refractivity contribution < 1.29 is 22.8 Å². The van der Waals surface area contributed by atoms with Crippen LogP contribution in [0.3, 0.4) is 0 Å². The van der Waals surface area contributed by atoms with E-state index in [9.17, 15) is 22.8 Å². The fraction of sp³-hybridized carbons (Fsp3) is 0.158. The summed E-state index contributed by atoms with van der Waals surface area (Å²) in [6, 6.07) is 12.3. The first-order valence-corrected chi connectivity index (χ1v) is 8.51. The van der Waals surface area contributed by atoms with Gasteiger partial charge in [0.1, 0.15) is 6.04 Å². The molecule has 7 nitrogen and oxygen atoms in total. The van der Waals surface area contributed by atoms with Gasteiger partial charge >= 0.3 is 6.18 Å². The van der Waals surface area contributed by atoms with E-state index in [2.05, 4.69) is 26.2 Å².